The molecular weight excluding hydrogens is 386 g/mol. The van der Waals surface area contributed by atoms with Gasteiger partial charge in [-0.15, -0.1) is 0 Å². The Balaban J connectivity index is 1.60. The summed E-state index contributed by atoms with van der Waals surface area (Å²) in [5.41, 5.74) is 5.01. The van der Waals surface area contributed by atoms with Crippen molar-refractivity contribution in [2.24, 2.45) is 0 Å². The summed E-state index contributed by atoms with van der Waals surface area (Å²) in [6, 6.07) is 29.6. The first-order chi connectivity index (χ1) is 15.2. The number of para-hydroxylation sites is 1. The van der Waals surface area contributed by atoms with Gasteiger partial charge in [0, 0.05) is 23.6 Å². The summed E-state index contributed by atoms with van der Waals surface area (Å²) in [7, 11) is 1.62. The second-order valence-electron chi connectivity index (χ2n) is 7.53. The molecule has 0 saturated carbocycles. The predicted molar refractivity (Wildman–Crippen MR) is 122 cm³/mol. The molecule has 0 radical (unpaired) electrons. The van der Waals surface area contributed by atoms with E-state index in [0.717, 1.165) is 22.5 Å². The van der Waals surface area contributed by atoms with Gasteiger partial charge in [0.25, 0.3) is 0 Å². The van der Waals surface area contributed by atoms with Crippen LogP contribution in [0.15, 0.2) is 97.2 Å². The standard InChI is InChI=1S/C26H23N3O2/c1-31-22-13-7-12-21(17-22)27-26(30)29-18-20-11-5-6-14-23(20)28-16-8-15-24(28)25(29)19-9-3-2-4-10-19/h2-17,25H,18H2,1H3,(H,27,30). The number of carbonyl (C=O) groups excluding carboxylic acids is 1. The van der Waals surface area contributed by atoms with Crippen molar-refractivity contribution in [2.75, 3.05) is 12.4 Å². The molecule has 5 heteroatoms. The van der Waals surface area contributed by atoms with Gasteiger partial charge in [-0.3, -0.25) is 0 Å². The van der Waals surface area contributed by atoms with Gasteiger partial charge in [0.15, 0.2) is 0 Å². The van der Waals surface area contributed by atoms with Crippen LogP contribution in [0.4, 0.5) is 10.5 Å². The third kappa shape index (κ3) is 3.55. The number of urea groups is 1. The van der Waals surface area contributed by atoms with Crippen molar-refractivity contribution < 1.29 is 9.53 Å². The molecule has 0 bridgehead atoms. The number of fused-ring (bicyclic) bond motifs is 3. The van der Waals surface area contributed by atoms with Gasteiger partial charge in [0.05, 0.1) is 25.4 Å². The molecule has 0 spiro atoms. The number of methoxy groups -OCH3 is 1. The van der Waals surface area contributed by atoms with Crippen LogP contribution in [0.5, 0.6) is 5.75 Å². The summed E-state index contributed by atoms with van der Waals surface area (Å²) in [6.45, 7) is 0.493. The third-order valence-electron chi connectivity index (χ3n) is 5.66. The first-order valence-corrected chi connectivity index (χ1v) is 10.3. The molecule has 1 aliphatic heterocycles. The largest absolute Gasteiger partial charge is 0.497 e. The van der Waals surface area contributed by atoms with E-state index in [4.69, 9.17) is 4.74 Å². The second-order valence-corrected chi connectivity index (χ2v) is 7.53. The number of nitrogens with one attached hydrogen (secondary N) is 1. The Labute approximate surface area is 181 Å². The monoisotopic (exact) mass is 409 g/mol. The fourth-order valence-corrected chi connectivity index (χ4v) is 4.22. The van der Waals surface area contributed by atoms with Crippen molar-refractivity contribution in [3.05, 3.63) is 114 Å². The summed E-state index contributed by atoms with van der Waals surface area (Å²) in [4.78, 5) is 15.5. The van der Waals surface area contributed by atoms with E-state index in [2.05, 4.69) is 46.4 Å². The highest BCUT2D eigenvalue weighted by atomic mass is 16.5. The number of ether oxygens (including phenoxy) is 1. The van der Waals surface area contributed by atoms with Crippen LogP contribution >= 0.6 is 0 Å². The number of carbonyl (C=O) groups is 1. The molecule has 1 aromatic heterocycles. The molecule has 0 aliphatic carbocycles. The molecule has 0 saturated heterocycles. The Kier molecular flexibility index (Phi) is 4.92. The van der Waals surface area contributed by atoms with E-state index >= 15 is 0 Å². The van der Waals surface area contributed by atoms with E-state index in [9.17, 15) is 4.79 Å². The van der Waals surface area contributed by atoms with Crippen LogP contribution in [0.3, 0.4) is 0 Å². The number of hydrogen-bond donors (Lipinski definition) is 1. The summed E-state index contributed by atoms with van der Waals surface area (Å²) >= 11 is 0. The fourth-order valence-electron chi connectivity index (χ4n) is 4.22. The van der Waals surface area contributed by atoms with E-state index in [1.165, 1.54) is 0 Å². The van der Waals surface area contributed by atoms with Gasteiger partial charge >= 0.3 is 6.03 Å². The Hall–Kier alpha value is -3.99. The maximum atomic E-state index is 13.6. The summed E-state index contributed by atoms with van der Waals surface area (Å²) in [5, 5.41) is 3.07. The molecule has 1 aliphatic rings. The SMILES string of the molecule is COc1cccc(NC(=O)N2Cc3ccccc3-n3cccc3C2c2ccccc2)c1. The van der Waals surface area contributed by atoms with Gasteiger partial charge in [-0.05, 0) is 41.5 Å². The van der Waals surface area contributed by atoms with Gasteiger partial charge in [-0.25, -0.2) is 4.79 Å². The minimum atomic E-state index is -0.228. The van der Waals surface area contributed by atoms with Crippen LogP contribution in [0.2, 0.25) is 0 Å². The predicted octanol–water partition coefficient (Wildman–Crippen LogP) is 5.62. The van der Waals surface area contributed by atoms with Crippen molar-refractivity contribution in [1.29, 1.82) is 0 Å². The molecule has 31 heavy (non-hydrogen) atoms. The van der Waals surface area contributed by atoms with Crippen LogP contribution in [0.1, 0.15) is 22.9 Å². The number of benzene rings is 3. The van der Waals surface area contributed by atoms with Crippen molar-refractivity contribution in [3.63, 3.8) is 0 Å². The summed E-state index contributed by atoms with van der Waals surface area (Å²) < 4.78 is 7.49. The first-order valence-electron chi connectivity index (χ1n) is 10.3. The van der Waals surface area contributed by atoms with Crippen molar-refractivity contribution >= 4 is 11.7 Å². The quantitative estimate of drug-likeness (QED) is 0.477. The highest BCUT2D eigenvalue weighted by molar-refractivity contribution is 5.90. The Morgan fingerprint density at radius 2 is 1.74 bits per heavy atom. The lowest BCUT2D eigenvalue weighted by Crippen LogP contribution is -2.37. The van der Waals surface area contributed by atoms with E-state index < -0.39 is 0 Å². The average Bonchev–Trinajstić information content (AvgIpc) is 3.24. The van der Waals surface area contributed by atoms with Crippen LogP contribution in [0.25, 0.3) is 5.69 Å². The van der Waals surface area contributed by atoms with Crippen LogP contribution in [-0.4, -0.2) is 22.6 Å². The zero-order valence-electron chi connectivity index (χ0n) is 17.2. The summed E-state index contributed by atoms with van der Waals surface area (Å²) in [6.07, 6.45) is 2.06. The fraction of sp³-hybridized carbons (Fsp3) is 0.115. The average molecular weight is 409 g/mol. The smallest absolute Gasteiger partial charge is 0.322 e. The Morgan fingerprint density at radius 3 is 2.58 bits per heavy atom. The minimum absolute atomic E-state index is 0.161. The van der Waals surface area contributed by atoms with Gasteiger partial charge in [-0.1, -0.05) is 54.6 Å². The second kappa shape index (κ2) is 8.03. The number of aromatic nitrogens is 1. The highest BCUT2D eigenvalue weighted by Crippen LogP contribution is 2.36. The normalized spacial score (nSPS) is 14.9. The lowest BCUT2D eigenvalue weighted by atomic mass is 10.0. The highest BCUT2D eigenvalue weighted by Gasteiger charge is 2.32. The maximum absolute atomic E-state index is 13.6. The molecule has 1 N–H and O–H groups in total. The molecule has 1 unspecified atom stereocenters. The number of rotatable bonds is 3. The van der Waals surface area contributed by atoms with Crippen molar-refractivity contribution in [2.45, 2.75) is 12.6 Å². The number of nitrogens with zero attached hydrogens (tertiary/aromatic N) is 2. The number of amides is 2. The molecule has 5 rings (SSSR count). The first kappa shape index (κ1) is 19.0. The molecule has 4 aromatic rings. The maximum Gasteiger partial charge on any atom is 0.322 e. The number of hydrogen-bond acceptors (Lipinski definition) is 2. The van der Waals surface area contributed by atoms with Gasteiger partial charge in [-0.2, -0.15) is 0 Å². The van der Waals surface area contributed by atoms with E-state index in [1.54, 1.807) is 7.11 Å². The van der Waals surface area contributed by atoms with Crippen LogP contribution in [0, 0.1) is 0 Å². The zero-order chi connectivity index (χ0) is 21.2. The molecule has 1 atom stereocenters. The van der Waals surface area contributed by atoms with E-state index in [0.29, 0.717) is 18.0 Å². The third-order valence-corrected chi connectivity index (χ3v) is 5.66. The van der Waals surface area contributed by atoms with Crippen LogP contribution < -0.4 is 10.1 Å². The molecule has 154 valence electrons. The Morgan fingerprint density at radius 1 is 0.935 bits per heavy atom. The lowest BCUT2D eigenvalue weighted by molar-refractivity contribution is 0.194. The molecule has 0 fully saturated rings. The molecular formula is C26H23N3O2. The topological polar surface area (TPSA) is 46.5 Å². The van der Waals surface area contributed by atoms with Gasteiger partial charge in [0.2, 0.25) is 0 Å². The van der Waals surface area contributed by atoms with E-state index in [-0.39, 0.29) is 12.1 Å². The van der Waals surface area contributed by atoms with E-state index in [1.807, 2.05) is 65.6 Å². The molecule has 2 amide bonds. The molecule has 3 aromatic carbocycles. The number of anilines is 1. The Bertz CT molecular complexity index is 1220. The minimum Gasteiger partial charge on any atom is -0.497 e. The molecule has 2 heterocycles. The summed E-state index contributed by atoms with van der Waals surface area (Å²) in [5.74, 6) is 0.701. The van der Waals surface area contributed by atoms with Gasteiger partial charge < -0.3 is 19.5 Å². The molecule has 5 nitrogen and oxygen atoms in total. The van der Waals surface area contributed by atoms with Crippen LogP contribution in [-0.2, 0) is 6.54 Å². The zero-order valence-corrected chi connectivity index (χ0v) is 17.2. The van der Waals surface area contributed by atoms with Crippen molar-refractivity contribution in [1.82, 2.24) is 9.47 Å². The van der Waals surface area contributed by atoms with Crippen molar-refractivity contribution in [3.8, 4) is 11.4 Å². The van der Waals surface area contributed by atoms with Gasteiger partial charge in [0.1, 0.15) is 5.75 Å². The lowest BCUT2D eigenvalue weighted by Gasteiger charge is -2.31.